The summed E-state index contributed by atoms with van der Waals surface area (Å²) in [7, 11) is 0. The summed E-state index contributed by atoms with van der Waals surface area (Å²) in [6.45, 7) is 8.44. The van der Waals surface area contributed by atoms with Crippen LogP contribution in [0, 0.1) is 10.8 Å². The molecule has 0 saturated carbocycles. The molecule has 0 fully saturated rings. The van der Waals surface area contributed by atoms with Crippen LogP contribution in [0.15, 0.2) is 22.0 Å². The molecule has 0 aromatic rings. The Morgan fingerprint density at radius 2 is 1.68 bits per heavy atom. The monoisotopic (exact) mass is 278 g/mol. The van der Waals surface area contributed by atoms with Crippen LogP contribution < -0.4 is 0 Å². The lowest BCUT2D eigenvalue weighted by molar-refractivity contribution is -0.120. The molecule has 2 aliphatic carbocycles. The van der Waals surface area contributed by atoms with Gasteiger partial charge in [-0.25, -0.2) is 0 Å². The fourth-order valence-electron chi connectivity index (χ4n) is 2.89. The average molecular weight is 278 g/mol. The van der Waals surface area contributed by atoms with Crippen molar-refractivity contribution >= 4 is 23.3 Å². The first-order chi connectivity index (χ1) is 8.65. The maximum absolute atomic E-state index is 11.8. The zero-order valence-electron chi connectivity index (χ0n) is 12.2. The van der Waals surface area contributed by atoms with Gasteiger partial charge in [0.25, 0.3) is 0 Å². The van der Waals surface area contributed by atoms with E-state index < -0.39 is 0 Å². The summed E-state index contributed by atoms with van der Waals surface area (Å²) >= 11 is 1.63. The highest BCUT2D eigenvalue weighted by molar-refractivity contribution is 8.06. The van der Waals surface area contributed by atoms with Crippen molar-refractivity contribution in [1.82, 2.24) is 0 Å². The maximum atomic E-state index is 11.8. The molecular formula is C16H22O2S. The lowest BCUT2D eigenvalue weighted by Crippen LogP contribution is -2.22. The second-order valence-corrected chi connectivity index (χ2v) is 8.44. The minimum absolute atomic E-state index is 0.0446. The van der Waals surface area contributed by atoms with Gasteiger partial charge in [0.15, 0.2) is 5.78 Å². The molecule has 0 aromatic heterocycles. The van der Waals surface area contributed by atoms with Gasteiger partial charge in [-0.3, -0.25) is 9.59 Å². The number of carbonyl (C=O) groups excluding carboxylic acids is 2. The number of hydrogen-bond donors (Lipinski definition) is 0. The Bertz CT molecular complexity index is 481. The van der Waals surface area contributed by atoms with Crippen LogP contribution in [-0.4, -0.2) is 11.6 Å². The van der Waals surface area contributed by atoms with Crippen molar-refractivity contribution in [2.75, 3.05) is 0 Å². The zero-order chi connectivity index (χ0) is 14.3. The highest BCUT2D eigenvalue weighted by atomic mass is 32.2. The lowest BCUT2D eigenvalue weighted by atomic mass is 9.80. The molecule has 0 radical (unpaired) electrons. The van der Waals surface area contributed by atoms with E-state index >= 15 is 0 Å². The number of thioether (sulfide) groups is 1. The zero-order valence-corrected chi connectivity index (χ0v) is 13.0. The van der Waals surface area contributed by atoms with E-state index in [2.05, 4.69) is 33.8 Å². The Kier molecular flexibility index (Phi) is 3.78. The third-order valence-electron chi connectivity index (χ3n) is 3.47. The number of carbonyl (C=O) groups is 2. The molecule has 0 unspecified atom stereocenters. The van der Waals surface area contributed by atoms with E-state index in [1.165, 1.54) is 0 Å². The minimum Gasteiger partial charge on any atom is -0.299 e. The van der Waals surface area contributed by atoms with Gasteiger partial charge in [0, 0.05) is 19.3 Å². The summed E-state index contributed by atoms with van der Waals surface area (Å²) in [5.74, 6) is 0.512. The van der Waals surface area contributed by atoms with Crippen molar-refractivity contribution in [3.8, 4) is 0 Å². The van der Waals surface area contributed by atoms with Crippen molar-refractivity contribution < 1.29 is 9.59 Å². The Labute approximate surface area is 119 Å². The molecule has 0 atom stereocenters. The van der Waals surface area contributed by atoms with Crippen LogP contribution in [0.1, 0.15) is 53.4 Å². The summed E-state index contributed by atoms with van der Waals surface area (Å²) < 4.78 is 0. The minimum atomic E-state index is -0.0492. The molecule has 2 rings (SSSR count). The predicted molar refractivity (Wildman–Crippen MR) is 79.8 cm³/mol. The fraction of sp³-hybridized carbons (Fsp3) is 0.625. The Morgan fingerprint density at radius 3 is 2.26 bits per heavy atom. The van der Waals surface area contributed by atoms with Crippen molar-refractivity contribution in [2.45, 2.75) is 53.4 Å². The molecule has 2 nitrogen and oxygen atoms in total. The molecule has 0 saturated heterocycles. The lowest BCUT2D eigenvalue weighted by Gasteiger charge is -2.30. The summed E-state index contributed by atoms with van der Waals surface area (Å²) in [6, 6.07) is 0. The van der Waals surface area contributed by atoms with Crippen LogP contribution >= 0.6 is 11.8 Å². The van der Waals surface area contributed by atoms with Gasteiger partial charge >= 0.3 is 0 Å². The molecule has 0 heterocycles. The number of ketones is 2. The largest absolute Gasteiger partial charge is 0.299 e. The Hall–Kier alpha value is -0.830. The molecule has 0 amide bonds. The fourth-order valence-corrected chi connectivity index (χ4v) is 4.49. The smallest absolute Gasteiger partial charge is 0.157 e. The van der Waals surface area contributed by atoms with E-state index in [0.717, 1.165) is 16.2 Å². The van der Waals surface area contributed by atoms with E-state index in [4.69, 9.17) is 0 Å². The van der Waals surface area contributed by atoms with E-state index in [1.54, 1.807) is 17.8 Å². The molecule has 0 aromatic carbocycles. The van der Waals surface area contributed by atoms with Crippen molar-refractivity contribution in [1.29, 1.82) is 0 Å². The molecule has 0 N–H and O–H groups in total. The Balaban J connectivity index is 2.15. The summed E-state index contributed by atoms with van der Waals surface area (Å²) in [6.07, 6.45) is 6.67. The van der Waals surface area contributed by atoms with E-state index in [1.807, 2.05) is 0 Å². The van der Waals surface area contributed by atoms with E-state index in [9.17, 15) is 9.59 Å². The third-order valence-corrected chi connectivity index (χ3v) is 4.51. The topological polar surface area (TPSA) is 34.1 Å². The van der Waals surface area contributed by atoms with Gasteiger partial charge < -0.3 is 0 Å². The first kappa shape index (κ1) is 14.6. The van der Waals surface area contributed by atoms with Gasteiger partial charge in [-0.15, -0.1) is 0 Å². The highest BCUT2D eigenvalue weighted by Crippen LogP contribution is 2.44. The van der Waals surface area contributed by atoms with Crippen molar-refractivity contribution in [2.24, 2.45) is 10.8 Å². The van der Waals surface area contributed by atoms with Crippen LogP contribution in [0.4, 0.5) is 0 Å². The number of allylic oxidation sites excluding steroid dienone is 4. The first-order valence-corrected chi connectivity index (χ1v) is 7.62. The second kappa shape index (κ2) is 4.93. The number of hydrogen-bond acceptors (Lipinski definition) is 3. The van der Waals surface area contributed by atoms with Crippen molar-refractivity contribution in [3.63, 3.8) is 0 Å². The second-order valence-electron chi connectivity index (χ2n) is 7.19. The molecule has 0 spiro atoms. The molecule has 19 heavy (non-hydrogen) atoms. The van der Waals surface area contributed by atoms with Crippen molar-refractivity contribution in [3.05, 3.63) is 22.0 Å². The summed E-state index contributed by atoms with van der Waals surface area (Å²) in [5, 5.41) is 0. The van der Waals surface area contributed by atoms with E-state index in [0.29, 0.717) is 25.0 Å². The van der Waals surface area contributed by atoms with Crippen LogP contribution in [0.2, 0.25) is 0 Å². The Morgan fingerprint density at radius 1 is 1.00 bits per heavy atom. The SMILES string of the molecule is CC1(C)C=C(SC2=CC(=O)CC(C)(C)C2)CC(=O)C1. The van der Waals surface area contributed by atoms with Crippen LogP contribution in [0.3, 0.4) is 0 Å². The molecule has 0 aliphatic heterocycles. The molecular weight excluding hydrogens is 256 g/mol. The van der Waals surface area contributed by atoms with Gasteiger partial charge in [-0.2, -0.15) is 0 Å². The third kappa shape index (κ3) is 4.07. The predicted octanol–water partition coefficient (Wildman–Crippen LogP) is 4.27. The van der Waals surface area contributed by atoms with Crippen LogP contribution in [-0.2, 0) is 9.59 Å². The van der Waals surface area contributed by atoms with E-state index in [-0.39, 0.29) is 16.6 Å². The van der Waals surface area contributed by atoms with Crippen LogP contribution in [0.5, 0.6) is 0 Å². The summed E-state index contributed by atoms with van der Waals surface area (Å²) in [5.41, 5.74) is -0.00462. The number of rotatable bonds is 2. The molecule has 104 valence electrons. The molecule has 0 bridgehead atoms. The highest BCUT2D eigenvalue weighted by Gasteiger charge is 2.30. The number of Topliss-reactive ketones (excluding diaryl/α,β-unsaturated/α-hetero) is 1. The van der Waals surface area contributed by atoms with Gasteiger partial charge in [0.1, 0.15) is 5.78 Å². The average Bonchev–Trinajstić information content (AvgIpc) is 2.08. The van der Waals surface area contributed by atoms with Gasteiger partial charge in [0.2, 0.25) is 0 Å². The first-order valence-electron chi connectivity index (χ1n) is 6.80. The standard InChI is InChI=1S/C16H22O2S/c1-15(2)7-11(17)5-13(9-15)19-14-6-12(18)8-16(3,4)10-14/h5,10H,6-9H2,1-4H3. The van der Waals surface area contributed by atoms with Gasteiger partial charge in [-0.1, -0.05) is 45.5 Å². The molecule has 3 heteroatoms. The summed E-state index contributed by atoms with van der Waals surface area (Å²) in [4.78, 5) is 25.7. The normalized spacial score (nSPS) is 25.9. The molecule has 2 aliphatic rings. The maximum Gasteiger partial charge on any atom is 0.157 e. The van der Waals surface area contributed by atoms with Crippen LogP contribution in [0.25, 0.3) is 0 Å². The quantitative estimate of drug-likeness (QED) is 0.756. The van der Waals surface area contributed by atoms with Gasteiger partial charge in [0.05, 0.1) is 0 Å². The van der Waals surface area contributed by atoms with Gasteiger partial charge in [-0.05, 0) is 33.1 Å².